The van der Waals surface area contributed by atoms with Crippen LogP contribution in [0.2, 0.25) is 5.02 Å². The summed E-state index contributed by atoms with van der Waals surface area (Å²) >= 11 is 5.80. The van der Waals surface area contributed by atoms with Gasteiger partial charge in [-0.3, -0.25) is 4.79 Å². The van der Waals surface area contributed by atoms with E-state index in [1.165, 1.54) is 12.1 Å². The molecule has 1 aliphatic heterocycles. The number of carbonyl (C=O) groups excluding carboxylic acids is 1. The summed E-state index contributed by atoms with van der Waals surface area (Å²) in [5.74, 6) is -1.33. The minimum Gasteiger partial charge on any atom is -0.385 e. The van der Waals surface area contributed by atoms with E-state index in [0.717, 1.165) is 6.07 Å². The van der Waals surface area contributed by atoms with Crippen LogP contribution in [-0.2, 0) is 4.74 Å². The van der Waals surface area contributed by atoms with Gasteiger partial charge in [0.15, 0.2) is 0 Å². The maximum Gasteiger partial charge on any atom is 0.255 e. The van der Waals surface area contributed by atoms with E-state index in [9.17, 15) is 14.3 Å². The molecule has 1 amide bonds. The minimum atomic E-state index is -1.12. The SMILES string of the molecule is CC1OCCC1(O)CNC(=O)c1c(F)cccc1Cl. The maximum atomic E-state index is 13.5. The van der Waals surface area contributed by atoms with Crippen LogP contribution in [0.5, 0.6) is 0 Å². The topological polar surface area (TPSA) is 58.6 Å². The van der Waals surface area contributed by atoms with Gasteiger partial charge in [0.05, 0.1) is 16.7 Å². The average Bonchev–Trinajstić information content (AvgIpc) is 2.67. The highest BCUT2D eigenvalue weighted by molar-refractivity contribution is 6.33. The van der Waals surface area contributed by atoms with Crippen molar-refractivity contribution in [3.63, 3.8) is 0 Å². The number of nitrogens with one attached hydrogen (secondary N) is 1. The second-order valence-electron chi connectivity index (χ2n) is 4.65. The van der Waals surface area contributed by atoms with Gasteiger partial charge in [0, 0.05) is 19.6 Å². The summed E-state index contributed by atoms with van der Waals surface area (Å²) in [5, 5.41) is 12.8. The lowest BCUT2D eigenvalue weighted by atomic mass is 9.96. The number of aliphatic hydroxyl groups is 1. The minimum absolute atomic E-state index is 0.00232. The molecule has 0 aliphatic carbocycles. The molecule has 1 aliphatic rings. The molecule has 0 bridgehead atoms. The quantitative estimate of drug-likeness (QED) is 0.890. The molecule has 0 spiro atoms. The number of carbonyl (C=O) groups is 1. The number of amides is 1. The Balaban J connectivity index is 2.06. The molecule has 1 saturated heterocycles. The molecule has 4 nitrogen and oxygen atoms in total. The molecular formula is C13H15ClFNO3. The second-order valence-corrected chi connectivity index (χ2v) is 5.05. The molecule has 1 aromatic carbocycles. The van der Waals surface area contributed by atoms with E-state index in [-0.39, 0.29) is 23.2 Å². The molecule has 1 heterocycles. The Bertz CT molecular complexity index is 477. The van der Waals surface area contributed by atoms with E-state index in [4.69, 9.17) is 16.3 Å². The zero-order valence-electron chi connectivity index (χ0n) is 10.5. The van der Waals surface area contributed by atoms with Crippen molar-refractivity contribution >= 4 is 17.5 Å². The smallest absolute Gasteiger partial charge is 0.255 e. The monoisotopic (exact) mass is 287 g/mol. The summed E-state index contributed by atoms with van der Waals surface area (Å²) in [6, 6.07) is 4.03. The van der Waals surface area contributed by atoms with Gasteiger partial charge in [-0.2, -0.15) is 0 Å². The lowest BCUT2D eigenvalue weighted by Gasteiger charge is -2.26. The van der Waals surface area contributed by atoms with Gasteiger partial charge >= 0.3 is 0 Å². The Labute approximate surface area is 115 Å². The Morgan fingerprint density at radius 1 is 1.68 bits per heavy atom. The summed E-state index contributed by atoms with van der Waals surface area (Å²) in [6.45, 7) is 2.17. The van der Waals surface area contributed by atoms with Crippen LogP contribution in [0.25, 0.3) is 0 Å². The maximum absolute atomic E-state index is 13.5. The number of ether oxygens (including phenoxy) is 1. The van der Waals surface area contributed by atoms with Gasteiger partial charge in [-0.15, -0.1) is 0 Å². The second kappa shape index (κ2) is 5.45. The fourth-order valence-electron chi connectivity index (χ4n) is 2.04. The van der Waals surface area contributed by atoms with Crippen molar-refractivity contribution in [1.29, 1.82) is 0 Å². The van der Waals surface area contributed by atoms with Crippen LogP contribution in [0.3, 0.4) is 0 Å². The van der Waals surface area contributed by atoms with E-state index in [1.54, 1.807) is 6.92 Å². The Morgan fingerprint density at radius 2 is 2.42 bits per heavy atom. The predicted molar refractivity (Wildman–Crippen MR) is 68.7 cm³/mol. The molecule has 2 N–H and O–H groups in total. The van der Waals surface area contributed by atoms with Crippen LogP contribution < -0.4 is 5.32 Å². The van der Waals surface area contributed by atoms with Crippen molar-refractivity contribution < 1.29 is 19.0 Å². The van der Waals surface area contributed by atoms with Crippen molar-refractivity contribution in [1.82, 2.24) is 5.32 Å². The van der Waals surface area contributed by atoms with Crippen molar-refractivity contribution in [3.8, 4) is 0 Å². The molecule has 104 valence electrons. The highest BCUT2D eigenvalue weighted by Crippen LogP contribution is 2.25. The molecule has 2 unspecified atom stereocenters. The van der Waals surface area contributed by atoms with Crippen molar-refractivity contribution in [2.45, 2.75) is 25.0 Å². The molecule has 19 heavy (non-hydrogen) atoms. The summed E-state index contributed by atoms with van der Waals surface area (Å²) in [5.41, 5.74) is -1.33. The summed E-state index contributed by atoms with van der Waals surface area (Å²) in [7, 11) is 0. The number of hydrogen-bond acceptors (Lipinski definition) is 3. The molecule has 0 aromatic heterocycles. The van der Waals surface area contributed by atoms with Crippen molar-refractivity contribution in [3.05, 3.63) is 34.6 Å². The number of hydrogen-bond donors (Lipinski definition) is 2. The number of benzene rings is 1. The van der Waals surface area contributed by atoms with Crippen molar-refractivity contribution in [2.24, 2.45) is 0 Å². The first kappa shape index (κ1) is 14.2. The van der Waals surface area contributed by atoms with Crippen LogP contribution in [-0.4, -0.2) is 35.9 Å². The molecular weight excluding hydrogens is 273 g/mol. The molecule has 1 aromatic rings. The third kappa shape index (κ3) is 2.88. The van der Waals surface area contributed by atoms with Crippen LogP contribution in [0.1, 0.15) is 23.7 Å². The molecule has 1 fully saturated rings. The first-order valence-electron chi connectivity index (χ1n) is 6.00. The Kier molecular flexibility index (Phi) is 4.08. The normalized spacial score (nSPS) is 26.4. The van der Waals surface area contributed by atoms with Gasteiger partial charge in [-0.1, -0.05) is 17.7 Å². The fourth-order valence-corrected chi connectivity index (χ4v) is 2.29. The average molecular weight is 288 g/mol. The van der Waals surface area contributed by atoms with E-state index >= 15 is 0 Å². The van der Waals surface area contributed by atoms with Crippen LogP contribution in [0, 0.1) is 5.82 Å². The highest BCUT2D eigenvalue weighted by atomic mass is 35.5. The molecule has 6 heteroatoms. The van der Waals surface area contributed by atoms with E-state index < -0.39 is 17.3 Å². The molecule has 2 rings (SSSR count). The summed E-state index contributed by atoms with van der Waals surface area (Å²) in [6.07, 6.45) is 0.0586. The lowest BCUT2D eigenvalue weighted by Crippen LogP contribution is -2.47. The molecule has 0 radical (unpaired) electrons. The van der Waals surface area contributed by atoms with E-state index in [2.05, 4.69) is 5.32 Å². The summed E-state index contributed by atoms with van der Waals surface area (Å²) < 4.78 is 18.8. The van der Waals surface area contributed by atoms with Crippen molar-refractivity contribution in [2.75, 3.05) is 13.2 Å². The van der Waals surface area contributed by atoms with Crippen LogP contribution in [0.4, 0.5) is 4.39 Å². The van der Waals surface area contributed by atoms with Gasteiger partial charge in [0.2, 0.25) is 0 Å². The molecule has 2 atom stereocenters. The number of halogens is 2. The lowest BCUT2D eigenvalue weighted by molar-refractivity contribution is -0.0251. The zero-order chi connectivity index (χ0) is 14.0. The zero-order valence-corrected chi connectivity index (χ0v) is 11.2. The van der Waals surface area contributed by atoms with Gasteiger partial charge in [-0.05, 0) is 19.1 Å². The largest absolute Gasteiger partial charge is 0.385 e. The van der Waals surface area contributed by atoms with E-state index in [1.807, 2.05) is 0 Å². The highest BCUT2D eigenvalue weighted by Gasteiger charge is 2.39. The third-order valence-electron chi connectivity index (χ3n) is 3.40. The van der Waals surface area contributed by atoms with Gasteiger partial charge in [-0.25, -0.2) is 4.39 Å². The summed E-state index contributed by atoms with van der Waals surface area (Å²) in [4.78, 5) is 11.9. The first-order valence-corrected chi connectivity index (χ1v) is 6.38. The standard InChI is InChI=1S/C13H15ClFNO3/c1-8-13(18,5-6-19-8)7-16-12(17)11-9(14)3-2-4-10(11)15/h2-4,8,18H,5-7H2,1H3,(H,16,17). The van der Waals surface area contributed by atoms with Crippen LogP contribution >= 0.6 is 11.6 Å². The Morgan fingerprint density at radius 3 is 3.00 bits per heavy atom. The van der Waals surface area contributed by atoms with Gasteiger partial charge in [0.1, 0.15) is 11.4 Å². The van der Waals surface area contributed by atoms with Gasteiger partial charge < -0.3 is 15.2 Å². The third-order valence-corrected chi connectivity index (χ3v) is 3.72. The first-order chi connectivity index (χ1) is 8.94. The Hall–Kier alpha value is -1.17. The predicted octanol–water partition coefficient (Wildman–Crippen LogP) is 1.75. The fraction of sp³-hybridized carbons (Fsp3) is 0.462. The van der Waals surface area contributed by atoms with E-state index in [0.29, 0.717) is 13.0 Å². The van der Waals surface area contributed by atoms with Gasteiger partial charge in [0.25, 0.3) is 5.91 Å². The molecule has 0 saturated carbocycles. The van der Waals surface area contributed by atoms with Crippen LogP contribution in [0.15, 0.2) is 18.2 Å². The number of rotatable bonds is 3.